The van der Waals surface area contributed by atoms with Crippen LogP contribution in [0.3, 0.4) is 0 Å². The summed E-state index contributed by atoms with van der Waals surface area (Å²) in [6.45, 7) is 0. The molecule has 0 aliphatic carbocycles. The molecule has 0 nitrogen and oxygen atoms in total. The van der Waals surface area contributed by atoms with Gasteiger partial charge in [0.25, 0.3) is 0 Å². The third-order valence-corrected chi connectivity index (χ3v) is 6.51. The summed E-state index contributed by atoms with van der Waals surface area (Å²) in [6, 6.07) is -6.39. The Labute approximate surface area is 166 Å². The Bertz CT molecular complexity index is 580. The van der Waals surface area contributed by atoms with E-state index >= 15 is 0 Å². The van der Waals surface area contributed by atoms with Crippen molar-refractivity contribution in [2.24, 2.45) is 0 Å². The molecular formula is C10H6Cl3F15Si. The third-order valence-electron chi connectivity index (χ3n) is 3.34. The number of hydrogen-bond donors (Lipinski definition) is 0. The summed E-state index contributed by atoms with van der Waals surface area (Å²) >= 11 is 13.2. The molecule has 0 heterocycles. The molecule has 0 saturated carbocycles. The SMILES string of the molecule is FC(F)(F)CCCC(F)(F)C(F)(F)C(F)(F)C(F)(F)C(F)(F)C(F)(F)[Si](Cl)(Cl)Cl. The maximum atomic E-state index is 13.4. The molecule has 0 spiro atoms. The van der Waals surface area contributed by atoms with Crippen molar-refractivity contribution < 1.29 is 65.9 Å². The highest BCUT2D eigenvalue weighted by Gasteiger charge is 2.92. The van der Waals surface area contributed by atoms with Crippen LogP contribution in [0.4, 0.5) is 65.9 Å². The molecule has 0 atom stereocenters. The van der Waals surface area contributed by atoms with Crippen molar-refractivity contribution in [1.29, 1.82) is 0 Å². The Hall–Kier alpha value is 0.0369. The largest absolute Gasteiger partial charge is 0.424 e. The van der Waals surface area contributed by atoms with Crippen LogP contribution < -0.4 is 0 Å². The van der Waals surface area contributed by atoms with Gasteiger partial charge in [-0.05, 0) is 6.42 Å². The van der Waals surface area contributed by atoms with E-state index in [-0.39, 0.29) is 0 Å². The highest BCUT2D eigenvalue weighted by atomic mass is 35.8. The average Bonchev–Trinajstić information content (AvgIpc) is 2.43. The summed E-state index contributed by atoms with van der Waals surface area (Å²) in [5.74, 6) is -37.4. The first kappa shape index (κ1) is 29.0. The van der Waals surface area contributed by atoms with Crippen molar-refractivity contribution in [2.45, 2.75) is 60.6 Å². The predicted octanol–water partition coefficient (Wildman–Crippen LogP) is 7.73. The Morgan fingerprint density at radius 3 is 1.14 bits per heavy atom. The third kappa shape index (κ3) is 4.94. The van der Waals surface area contributed by atoms with Gasteiger partial charge in [0.1, 0.15) is 0 Å². The molecule has 0 aromatic rings. The van der Waals surface area contributed by atoms with Gasteiger partial charge in [-0.25, -0.2) is 0 Å². The maximum absolute atomic E-state index is 13.4. The molecule has 0 aliphatic rings. The first-order valence-corrected chi connectivity index (χ1v) is 11.6. The van der Waals surface area contributed by atoms with Gasteiger partial charge >= 0.3 is 47.3 Å². The van der Waals surface area contributed by atoms with E-state index < -0.39 is 66.6 Å². The standard InChI is InChI=1S/C10H6Cl3F15Si/c11-29(12,13)10(27,28)9(25,26)8(23,24)7(21,22)6(19,20)4(14,15)2-1-3-5(16,17)18/h1-3H2. The molecule has 0 aromatic heterocycles. The molecule has 0 unspecified atom stereocenters. The maximum Gasteiger partial charge on any atom is 0.424 e. The minimum absolute atomic E-state index is 2.01. The second kappa shape index (κ2) is 7.87. The molecule has 29 heavy (non-hydrogen) atoms. The van der Waals surface area contributed by atoms with Gasteiger partial charge in [0, 0.05) is 12.8 Å². The van der Waals surface area contributed by atoms with Crippen LogP contribution in [0, 0.1) is 0 Å². The lowest BCUT2D eigenvalue weighted by atomic mass is 9.92. The average molecular weight is 546 g/mol. The summed E-state index contributed by atoms with van der Waals surface area (Å²) in [4.78, 5) is 0. The van der Waals surface area contributed by atoms with E-state index in [4.69, 9.17) is 0 Å². The van der Waals surface area contributed by atoms with E-state index in [1.807, 2.05) is 0 Å². The summed E-state index contributed by atoms with van der Waals surface area (Å²) in [7, 11) is 0. The molecule has 0 aliphatic heterocycles. The van der Waals surface area contributed by atoms with Gasteiger partial charge in [0.2, 0.25) is 0 Å². The van der Waals surface area contributed by atoms with Crippen LogP contribution in [0.15, 0.2) is 0 Å². The van der Waals surface area contributed by atoms with Crippen molar-refractivity contribution in [3.63, 3.8) is 0 Å². The van der Waals surface area contributed by atoms with Gasteiger partial charge in [-0.2, -0.15) is 65.9 Å². The normalized spacial score (nSPS) is 16.3. The van der Waals surface area contributed by atoms with Crippen LogP contribution in [0.25, 0.3) is 0 Å². The zero-order valence-electron chi connectivity index (χ0n) is 12.9. The smallest absolute Gasteiger partial charge is 0.200 e. The molecule has 0 rings (SSSR count). The highest BCUT2D eigenvalue weighted by Crippen LogP contribution is 2.62. The van der Waals surface area contributed by atoms with Gasteiger partial charge in [-0.1, -0.05) is 0 Å². The zero-order valence-corrected chi connectivity index (χ0v) is 16.2. The monoisotopic (exact) mass is 544 g/mol. The fourth-order valence-electron chi connectivity index (χ4n) is 1.67. The van der Waals surface area contributed by atoms with Gasteiger partial charge in [-0.15, -0.1) is 33.2 Å². The molecular weight excluding hydrogens is 540 g/mol. The van der Waals surface area contributed by atoms with Crippen molar-refractivity contribution in [3.05, 3.63) is 0 Å². The summed E-state index contributed by atoms with van der Waals surface area (Å²) in [5, 5.41) is 0. The van der Waals surface area contributed by atoms with Crippen LogP contribution in [0.1, 0.15) is 19.3 Å². The van der Waals surface area contributed by atoms with E-state index in [9.17, 15) is 65.9 Å². The highest BCUT2D eigenvalue weighted by molar-refractivity contribution is 7.65. The minimum atomic E-state index is -7.93. The van der Waals surface area contributed by atoms with E-state index in [1.54, 1.807) is 0 Å². The van der Waals surface area contributed by atoms with Crippen LogP contribution in [-0.4, -0.2) is 47.3 Å². The van der Waals surface area contributed by atoms with Gasteiger partial charge < -0.3 is 0 Å². The van der Waals surface area contributed by atoms with E-state index in [2.05, 4.69) is 33.2 Å². The van der Waals surface area contributed by atoms with E-state index in [0.717, 1.165) is 0 Å². The van der Waals surface area contributed by atoms with Crippen molar-refractivity contribution in [2.75, 3.05) is 0 Å². The zero-order chi connectivity index (χ0) is 24.1. The number of rotatable bonds is 9. The Kier molecular flexibility index (Phi) is 7.88. The second-order valence-electron chi connectivity index (χ2n) is 5.54. The molecule has 0 N–H and O–H groups in total. The van der Waals surface area contributed by atoms with Gasteiger partial charge in [0.05, 0.1) is 0 Å². The lowest BCUT2D eigenvalue weighted by Crippen LogP contribution is -2.73. The molecule has 19 heteroatoms. The first-order valence-electron chi connectivity index (χ1n) is 6.61. The molecule has 0 saturated heterocycles. The van der Waals surface area contributed by atoms with Gasteiger partial charge in [-0.3, -0.25) is 0 Å². The topological polar surface area (TPSA) is 0 Å². The Morgan fingerprint density at radius 1 is 0.483 bits per heavy atom. The lowest BCUT2D eigenvalue weighted by Gasteiger charge is -2.42. The second-order valence-corrected chi connectivity index (χ2v) is 14.0. The van der Waals surface area contributed by atoms with Crippen LogP contribution >= 0.6 is 33.2 Å². The van der Waals surface area contributed by atoms with E-state index in [0.29, 0.717) is 0 Å². The fraction of sp³-hybridized carbons (Fsp3) is 1.00. The minimum Gasteiger partial charge on any atom is -0.200 e. The van der Waals surface area contributed by atoms with E-state index in [1.165, 1.54) is 0 Å². The molecule has 0 fully saturated rings. The molecule has 0 bridgehead atoms. The summed E-state index contributed by atoms with van der Waals surface area (Å²) in [6.07, 6.45) is -12.3. The van der Waals surface area contributed by atoms with Crippen LogP contribution in [0.5, 0.6) is 0 Å². The number of alkyl halides is 15. The Balaban J connectivity index is 6.16. The van der Waals surface area contributed by atoms with Crippen LogP contribution in [0.2, 0.25) is 0 Å². The number of halogens is 18. The van der Waals surface area contributed by atoms with Gasteiger partial charge in [0.15, 0.2) is 0 Å². The molecule has 0 aromatic carbocycles. The van der Waals surface area contributed by atoms with Crippen LogP contribution in [-0.2, 0) is 0 Å². The quantitative estimate of drug-likeness (QED) is 0.158. The fourth-order valence-corrected chi connectivity index (χ4v) is 3.25. The lowest BCUT2D eigenvalue weighted by molar-refractivity contribution is -0.417. The van der Waals surface area contributed by atoms with Crippen molar-refractivity contribution >= 4 is 39.2 Å². The van der Waals surface area contributed by atoms with Crippen molar-refractivity contribution in [1.82, 2.24) is 0 Å². The van der Waals surface area contributed by atoms with Crippen molar-refractivity contribution in [3.8, 4) is 0 Å². The summed E-state index contributed by atoms with van der Waals surface area (Å²) in [5.41, 5.74) is -6.65. The first-order chi connectivity index (χ1) is 12.2. The summed E-state index contributed by atoms with van der Waals surface area (Å²) < 4.78 is 196. The predicted molar refractivity (Wildman–Crippen MR) is 72.9 cm³/mol. The molecule has 0 amide bonds. The molecule has 0 radical (unpaired) electrons. The Morgan fingerprint density at radius 2 is 0.828 bits per heavy atom. The molecule has 176 valence electrons. The number of hydrogen-bond acceptors (Lipinski definition) is 0.